The molecule has 0 fully saturated rings. The predicted molar refractivity (Wildman–Crippen MR) is 89.4 cm³/mol. The second kappa shape index (κ2) is 7.61. The molecule has 1 N–H and O–H groups in total. The van der Waals surface area contributed by atoms with Gasteiger partial charge >= 0.3 is 6.18 Å². The van der Waals surface area contributed by atoms with Crippen LogP contribution in [0.4, 0.5) is 23.2 Å². The SMILES string of the molecule is O=C(CSc1nc2c(c(C(F)(F)F)n1)CCCC2)Nc1ccccc1F. The van der Waals surface area contributed by atoms with E-state index in [-0.39, 0.29) is 22.2 Å². The van der Waals surface area contributed by atoms with E-state index in [0.29, 0.717) is 25.0 Å². The van der Waals surface area contributed by atoms with E-state index in [4.69, 9.17) is 0 Å². The zero-order chi connectivity index (χ0) is 18.7. The summed E-state index contributed by atoms with van der Waals surface area (Å²) >= 11 is 0.800. The van der Waals surface area contributed by atoms with E-state index in [1.807, 2.05) is 0 Å². The van der Waals surface area contributed by atoms with E-state index in [9.17, 15) is 22.4 Å². The van der Waals surface area contributed by atoms with Crippen molar-refractivity contribution < 1.29 is 22.4 Å². The third-order valence-corrected chi connectivity index (χ3v) is 4.76. The Kier molecular flexibility index (Phi) is 5.45. The fourth-order valence-corrected chi connectivity index (χ4v) is 3.41. The number of fused-ring (bicyclic) bond motifs is 1. The first-order chi connectivity index (χ1) is 12.3. The summed E-state index contributed by atoms with van der Waals surface area (Å²) in [6.07, 6.45) is -2.33. The van der Waals surface area contributed by atoms with Gasteiger partial charge in [-0.3, -0.25) is 4.79 Å². The van der Waals surface area contributed by atoms with Gasteiger partial charge < -0.3 is 5.32 Å². The lowest BCUT2D eigenvalue weighted by atomic mass is 9.94. The Bertz CT molecular complexity index is 826. The number of halogens is 4. The van der Waals surface area contributed by atoms with Gasteiger partial charge in [0.15, 0.2) is 10.9 Å². The standard InChI is InChI=1S/C17H15F4N3OS/c18-11-6-2-4-8-13(11)22-14(25)9-26-16-23-12-7-3-1-5-10(12)15(24-16)17(19,20)21/h2,4,6,8H,1,3,5,7,9H2,(H,22,25). The van der Waals surface area contributed by atoms with Crippen molar-refractivity contribution in [2.75, 3.05) is 11.1 Å². The zero-order valence-corrected chi connectivity index (χ0v) is 14.4. The Hall–Kier alpha value is -2.16. The van der Waals surface area contributed by atoms with Crippen LogP contribution < -0.4 is 5.32 Å². The molecule has 9 heteroatoms. The number of carbonyl (C=O) groups excluding carboxylic acids is 1. The van der Waals surface area contributed by atoms with Crippen LogP contribution in [0, 0.1) is 5.82 Å². The summed E-state index contributed by atoms with van der Waals surface area (Å²) in [7, 11) is 0. The number of amides is 1. The summed E-state index contributed by atoms with van der Waals surface area (Å²) < 4.78 is 53.3. The number of alkyl halides is 3. The molecule has 0 saturated heterocycles. The first-order valence-electron chi connectivity index (χ1n) is 7.99. The molecular weight excluding hydrogens is 370 g/mol. The van der Waals surface area contributed by atoms with Gasteiger partial charge in [0.25, 0.3) is 0 Å². The minimum absolute atomic E-state index is 0.0143. The average Bonchev–Trinajstić information content (AvgIpc) is 2.60. The quantitative estimate of drug-likeness (QED) is 0.486. The summed E-state index contributed by atoms with van der Waals surface area (Å²) in [5.74, 6) is -1.35. The first kappa shape index (κ1) is 18.6. The van der Waals surface area contributed by atoms with Gasteiger partial charge in [0.1, 0.15) is 5.82 Å². The number of carbonyl (C=O) groups is 1. The van der Waals surface area contributed by atoms with Gasteiger partial charge in [0, 0.05) is 11.3 Å². The molecule has 2 aromatic rings. The van der Waals surface area contributed by atoms with Crippen molar-refractivity contribution in [1.29, 1.82) is 0 Å². The number of nitrogens with one attached hydrogen (secondary N) is 1. The van der Waals surface area contributed by atoms with E-state index in [1.54, 1.807) is 6.07 Å². The van der Waals surface area contributed by atoms with E-state index in [1.165, 1.54) is 18.2 Å². The Morgan fingerprint density at radius 3 is 2.62 bits per heavy atom. The van der Waals surface area contributed by atoms with Crippen LogP contribution in [0.1, 0.15) is 29.8 Å². The van der Waals surface area contributed by atoms with Crippen molar-refractivity contribution >= 4 is 23.4 Å². The minimum atomic E-state index is -4.56. The molecule has 0 spiro atoms. The van der Waals surface area contributed by atoms with Gasteiger partial charge in [0.05, 0.1) is 11.4 Å². The molecule has 3 rings (SSSR count). The van der Waals surface area contributed by atoms with Crippen molar-refractivity contribution in [3.05, 3.63) is 47.0 Å². The largest absolute Gasteiger partial charge is 0.433 e. The molecule has 1 heterocycles. The van der Waals surface area contributed by atoms with Crippen LogP contribution in [0.15, 0.2) is 29.4 Å². The molecule has 0 aliphatic heterocycles. The number of thioether (sulfide) groups is 1. The number of nitrogens with zero attached hydrogens (tertiary/aromatic N) is 2. The molecule has 4 nitrogen and oxygen atoms in total. The molecule has 138 valence electrons. The fourth-order valence-electron chi connectivity index (χ4n) is 2.75. The van der Waals surface area contributed by atoms with Gasteiger partial charge in [-0.15, -0.1) is 0 Å². The van der Waals surface area contributed by atoms with Crippen LogP contribution in [0.25, 0.3) is 0 Å². The van der Waals surface area contributed by atoms with Crippen LogP contribution >= 0.6 is 11.8 Å². The van der Waals surface area contributed by atoms with Gasteiger partial charge in [-0.2, -0.15) is 13.2 Å². The number of hydrogen-bond donors (Lipinski definition) is 1. The predicted octanol–water partition coefficient (Wildman–Crippen LogP) is 4.24. The van der Waals surface area contributed by atoms with Crippen molar-refractivity contribution in [2.45, 2.75) is 37.0 Å². The molecular formula is C17H15F4N3OS. The molecule has 0 saturated carbocycles. The number of hydrogen-bond acceptors (Lipinski definition) is 4. The lowest BCUT2D eigenvalue weighted by Crippen LogP contribution is -2.20. The van der Waals surface area contributed by atoms with E-state index in [2.05, 4.69) is 15.3 Å². The maximum Gasteiger partial charge on any atom is 0.433 e. The van der Waals surface area contributed by atoms with Crippen molar-refractivity contribution in [3.63, 3.8) is 0 Å². The van der Waals surface area contributed by atoms with Crippen molar-refractivity contribution in [1.82, 2.24) is 9.97 Å². The van der Waals surface area contributed by atoms with Crippen LogP contribution in [0.3, 0.4) is 0 Å². The maximum atomic E-state index is 13.5. The van der Waals surface area contributed by atoms with Gasteiger partial charge in [-0.05, 0) is 37.8 Å². The molecule has 0 bridgehead atoms. The number of anilines is 1. The van der Waals surface area contributed by atoms with E-state index >= 15 is 0 Å². The topological polar surface area (TPSA) is 54.9 Å². The first-order valence-corrected chi connectivity index (χ1v) is 8.97. The molecule has 26 heavy (non-hydrogen) atoms. The number of para-hydroxylation sites is 1. The minimum Gasteiger partial charge on any atom is -0.323 e. The Labute approximate surface area is 151 Å². The van der Waals surface area contributed by atoms with Crippen LogP contribution in [0.2, 0.25) is 0 Å². The lowest BCUT2D eigenvalue weighted by molar-refractivity contribution is -0.142. The average molecular weight is 385 g/mol. The van der Waals surface area contributed by atoms with Gasteiger partial charge in [-0.25, -0.2) is 14.4 Å². The number of aryl methyl sites for hydroxylation is 1. The number of benzene rings is 1. The summed E-state index contributed by atoms with van der Waals surface area (Å²) in [5, 5.41) is 2.28. The molecule has 1 aliphatic carbocycles. The highest BCUT2D eigenvalue weighted by molar-refractivity contribution is 7.99. The molecule has 0 unspecified atom stereocenters. The van der Waals surface area contributed by atoms with Crippen molar-refractivity contribution in [3.8, 4) is 0 Å². The second-order valence-corrected chi connectivity index (χ2v) is 6.74. The summed E-state index contributed by atoms with van der Waals surface area (Å²) in [5.41, 5.74) is -0.348. The summed E-state index contributed by atoms with van der Waals surface area (Å²) in [6, 6.07) is 5.65. The Balaban J connectivity index is 1.74. The number of aromatic nitrogens is 2. The Morgan fingerprint density at radius 2 is 1.88 bits per heavy atom. The van der Waals surface area contributed by atoms with Crippen LogP contribution in [0.5, 0.6) is 0 Å². The smallest absolute Gasteiger partial charge is 0.323 e. The highest BCUT2D eigenvalue weighted by Gasteiger charge is 2.38. The highest BCUT2D eigenvalue weighted by atomic mass is 32.2. The second-order valence-electron chi connectivity index (χ2n) is 5.80. The van der Waals surface area contributed by atoms with E-state index in [0.717, 1.165) is 18.2 Å². The monoisotopic (exact) mass is 385 g/mol. The van der Waals surface area contributed by atoms with Gasteiger partial charge in [-0.1, -0.05) is 23.9 Å². The maximum absolute atomic E-state index is 13.5. The molecule has 1 amide bonds. The molecule has 1 aromatic carbocycles. The summed E-state index contributed by atoms with van der Waals surface area (Å²) in [4.78, 5) is 19.7. The Morgan fingerprint density at radius 1 is 1.15 bits per heavy atom. The third-order valence-electron chi connectivity index (χ3n) is 3.91. The van der Waals surface area contributed by atoms with E-state index < -0.39 is 23.6 Å². The van der Waals surface area contributed by atoms with Gasteiger partial charge in [0.2, 0.25) is 5.91 Å². The third kappa shape index (κ3) is 4.32. The number of rotatable bonds is 4. The van der Waals surface area contributed by atoms with Crippen molar-refractivity contribution in [2.24, 2.45) is 0 Å². The fraction of sp³-hybridized carbons (Fsp3) is 0.353. The molecule has 0 atom stereocenters. The highest BCUT2D eigenvalue weighted by Crippen LogP contribution is 2.35. The zero-order valence-electron chi connectivity index (χ0n) is 13.6. The summed E-state index contributed by atoms with van der Waals surface area (Å²) in [6.45, 7) is 0. The normalized spacial score (nSPS) is 14.0. The molecule has 0 radical (unpaired) electrons. The lowest BCUT2D eigenvalue weighted by Gasteiger charge is -2.20. The van der Waals surface area contributed by atoms with Crippen LogP contribution in [-0.4, -0.2) is 21.6 Å². The molecule has 1 aromatic heterocycles. The molecule has 1 aliphatic rings. The van der Waals surface area contributed by atoms with Crippen LogP contribution in [-0.2, 0) is 23.8 Å².